The highest BCUT2D eigenvalue weighted by molar-refractivity contribution is 7.98. The summed E-state index contributed by atoms with van der Waals surface area (Å²) in [6.07, 6.45) is 1.90. The molecule has 0 aliphatic rings. The minimum Gasteiger partial charge on any atom is -0.497 e. The summed E-state index contributed by atoms with van der Waals surface area (Å²) in [5.74, 6) is 0.258. The van der Waals surface area contributed by atoms with Crippen molar-refractivity contribution in [3.63, 3.8) is 0 Å². The van der Waals surface area contributed by atoms with E-state index in [9.17, 15) is 18.0 Å². The molecular weight excluding hydrogens is 587 g/mol. The number of nitrogens with zero attached hydrogens (tertiary/aromatic N) is 2. The molecule has 0 aliphatic heterocycles. The Labute approximate surface area is 259 Å². The third-order valence-corrected chi connectivity index (χ3v) is 9.22. The number of rotatable bonds is 15. The van der Waals surface area contributed by atoms with Gasteiger partial charge in [0.2, 0.25) is 11.8 Å². The number of carbonyl (C=O) groups is 2. The molecule has 1 unspecified atom stereocenters. The summed E-state index contributed by atoms with van der Waals surface area (Å²) in [4.78, 5) is 29.7. The summed E-state index contributed by atoms with van der Waals surface area (Å²) >= 11 is 1.50. The molecule has 0 fully saturated rings. The fourth-order valence-corrected chi connectivity index (χ4v) is 6.16. The first-order chi connectivity index (χ1) is 20.5. The Hall–Kier alpha value is -3.70. The average Bonchev–Trinajstić information content (AvgIpc) is 3.01. The van der Waals surface area contributed by atoms with E-state index in [2.05, 4.69) is 5.32 Å². The SMILES string of the molecule is CCOc1ccccc1N(CC(=O)N(Cc1cccc(OC)c1)C(C)C(=O)NCC(C)C)S(=O)(=O)c1ccc(SC)cc1. The number of ether oxygens (including phenoxy) is 2. The zero-order chi connectivity index (χ0) is 31.6. The van der Waals surface area contributed by atoms with Crippen LogP contribution in [0.3, 0.4) is 0 Å². The van der Waals surface area contributed by atoms with Crippen LogP contribution in [0.4, 0.5) is 5.69 Å². The lowest BCUT2D eigenvalue weighted by molar-refractivity contribution is -0.139. The standard InChI is InChI=1S/C32H41N3O6S2/c1-7-41-30-14-9-8-13-29(30)35(43(38,39)28-17-15-27(42-6)16-18-28)22-31(36)34(24(4)32(37)33-20-23(2)3)21-25-11-10-12-26(19-25)40-5/h8-19,23-24H,7,20-22H2,1-6H3,(H,33,37). The highest BCUT2D eigenvalue weighted by Gasteiger charge is 2.34. The van der Waals surface area contributed by atoms with Crippen molar-refractivity contribution in [1.82, 2.24) is 10.2 Å². The molecule has 3 aromatic carbocycles. The molecule has 11 heteroatoms. The Morgan fingerprint density at radius 3 is 2.30 bits per heavy atom. The maximum absolute atomic E-state index is 14.2. The molecule has 232 valence electrons. The number of para-hydroxylation sites is 2. The molecule has 43 heavy (non-hydrogen) atoms. The molecule has 1 atom stereocenters. The van der Waals surface area contributed by atoms with Crippen LogP contribution in [0.15, 0.2) is 82.6 Å². The average molecular weight is 628 g/mol. The minimum absolute atomic E-state index is 0.0338. The van der Waals surface area contributed by atoms with Gasteiger partial charge in [0, 0.05) is 18.0 Å². The second-order valence-corrected chi connectivity index (χ2v) is 13.0. The van der Waals surface area contributed by atoms with Gasteiger partial charge in [0.15, 0.2) is 0 Å². The lowest BCUT2D eigenvalue weighted by Crippen LogP contribution is -2.51. The maximum atomic E-state index is 14.2. The molecule has 0 heterocycles. The molecule has 3 aromatic rings. The van der Waals surface area contributed by atoms with Gasteiger partial charge in [-0.15, -0.1) is 11.8 Å². The Morgan fingerprint density at radius 2 is 1.67 bits per heavy atom. The van der Waals surface area contributed by atoms with Gasteiger partial charge in [-0.1, -0.05) is 38.1 Å². The quantitative estimate of drug-likeness (QED) is 0.231. The first-order valence-corrected chi connectivity index (χ1v) is 16.8. The van der Waals surface area contributed by atoms with Gasteiger partial charge in [-0.2, -0.15) is 0 Å². The fourth-order valence-electron chi connectivity index (χ4n) is 4.33. The maximum Gasteiger partial charge on any atom is 0.264 e. The molecule has 1 N–H and O–H groups in total. The number of hydrogen-bond acceptors (Lipinski definition) is 7. The Bertz CT molecular complexity index is 1480. The molecule has 2 amide bonds. The van der Waals surface area contributed by atoms with Crippen LogP contribution >= 0.6 is 11.8 Å². The van der Waals surface area contributed by atoms with E-state index in [1.807, 2.05) is 26.2 Å². The van der Waals surface area contributed by atoms with Crippen molar-refractivity contribution in [1.29, 1.82) is 0 Å². The van der Waals surface area contributed by atoms with Crippen molar-refractivity contribution in [2.45, 2.75) is 50.1 Å². The molecule has 9 nitrogen and oxygen atoms in total. The number of hydrogen-bond donors (Lipinski definition) is 1. The van der Waals surface area contributed by atoms with E-state index in [-0.39, 0.29) is 29.0 Å². The van der Waals surface area contributed by atoms with Gasteiger partial charge >= 0.3 is 0 Å². The van der Waals surface area contributed by atoms with Crippen LogP contribution in [0.5, 0.6) is 11.5 Å². The molecule has 3 rings (SSSR count). The van der Waals surface area contributed by atoms with Crippen molar-refractivity contribution in [2.75, 3.05) is 37.4 Å². The molecule has 0 aliphatic carbocycles. The van der Waals surface area contributed by atoms with Crippen LogP contribution < -0.4 is 19.1 Å². The van der Waals surface area contributed by atoms with Crippen molar-refractivity contribution in [3.05, 3.63) is 78.4 Å². The van der Waals surface area contributed by atoms with Crippen LogP contribution in [0, 0.1) is 5.92 Å². The number of sulfonamides is 1. The van der Waals surface area contributed by atoms with Crippen LogP contribution in [-0.2, 0) is 26.2 Å². The Morgan fingerprint density at radius 1 is 0.977 bits per heavy atom. The number of benzene rings is 3. The third kappa shape index (κ3) is 8.90. The monoisotopic (exact) mass is 627 g/mol. The zero-order valence-corrected chi connectivity index (χ0v) is 27.2. The number of methoxy groups -OCH3 is 1. The molecular formula is C32H41N3O6S2. The van der Waals surface area contributed by atoms with E-state index in [0.29, 0.717) is 24.7 Å². The predicted molar refractivity (Wildman–Crippen MR) is 171 cm³/mol. The Kier molecular flexibility index (Phi) is 12.3. The highest BCUT2D eigenvalue weighted by atomic mass is 32.2. The van der Waals surface area contributed by atoms with Crippen LogP contribution in [0.25, 0.3) is 0 Å². The number of thioether (sulfide) groups is 1. The minimum atomic E-state index is -4.22. The van der Waals surface area contributed by atoms with E-state index >= 15 is 0 Å². The van der Waals surface area contributed by atoms with E-state index < -0.39 is 28.5 Å². The normalized spacial score (nSPS) is 12.0. The summed E-state index contributed by atoms with van der Waals surface area (Å²) in [5.41, 5.74) is 0.956. The van der Waals surface area contributed by atoms with E-state index in [0.717, 1.165) is 14.8 Å². The van der Waals surface area contributed by atoms with Crippen LogP contribution in [0.2, 0.25) is 0 Å². The van der Waals surface area contributed by atoms with Crippen LogP contribution in [0.1, 0.15) is 33.3 Å². The van der Waals surface area contributed by atoms with Gasteiger partial charge in [-0.25, -0.2) is 8.42 Å². The van der Waals surface area contributed by atoms with Gasteiger partial charge in [0.25, 0.3) is 10.0 Å². The third-order valence-electron chi connectivity index (χ3n) is 6.70. The van der Waals surface area contributed by atoms with Gasteiger partial charge in [-0.3, -0.25) is 13.9 Å². The smallest absolute Gasteiger partial charge is 0.264 e. The first kappa shape index (κ1) is 33.8. The molecule has 0 spiro atoms. The van der Waals surface area contributed by atoms with E-state index in [1.165, 1.54) is 28.8 Å². The van der Waals surface area contributed by atoms with Gasteiger partial charge in [-0.05, 0) is 80.1 Å². The summed E-state index contributed by atoms with van der Waals surface area (Å²) < 4.78 is 40.5. The number of anilines is 1. The van der Waals surface area contributed by atoms with E-state index in [4.69, 9.17) is 9.47 Å². The number of nitrogens with one attached hydrogen (secondary N) is 1. The Balaban J connectivity index is 2.08. The zero-order valence-electron chi connectivity index (χ0n) is 25.6. The largest absolute Gasteiger partial charge is 0.497 e. The van der Waals surface area contributed by atoms with Gasteiger partial charge in [0.1, 0.15) is 24.1 Å². The summed E-state index contributed by atoms with van der Waals surface area (Å²) in [7, 11) is -2.67. The number of carbonyl (C=O) groups excluding carboxylic acids is 2. The van der Waals surface area contributed by atoms with Crippen LogP contribution in [-0.4, -0.2) is 64.2 Å². The second kappa shape index (κ2) is 15.7. The molecule has 0 bridgehead atoms. The van der Waals surface area contributed by atoms with Gasteiger partial charge < -0.3 is 19.7 Å². The molecule has 0 saturated heterocycles. The van der Waals surface area contributed by atoms with Crippen molar-refractivity contribution in [2.24, 2.45) is 5.92 Å². The second-order valence-electron chi connectivity index (χ2n) is 10.3. The lowest BCUT2D eigenvalue weighted by atomic mass is 10.1. The summed E-state index contributed by atoms with van der Waals surface area (Å²) in [5, 5.41) is 2.89. The first-order valence-electron chi connectivity index (χ1n) is 14.1. The molecule has 0 saturated carbocycles. The fraction of sp³-hybridized carbons (Fsp3) is 0.375. The lowest BCUT2D eigenvalue weighted by Gasteiger charge is -2.32. The topological polar surface area (TPSA) is 105 Å². The molecule has 0 aromatic heterocycles. The summed E-state index contributed by atoms with van der Waals surface area (Å²) in [6, 6.07) is 19.5. The predicted octanol–water partition coefficient (Wildman–Crippen LogP) is 5.20. The van der Waals surface area contributed by atoms with Gasteiger partial charge in [0.05, 0.1) is 24.3 Å². The number of amides is 2. The van der Waals surface area contributed by atoms with E-state index in [1.54, 1.807) is 75.6 Å². The van der Waals surface area contributed by atoms with Crippen molar-refractivity contribution < 1.29 is 27.5 Å². The van der Waals surface area contributed by atoms with Crippen molar-refractivity contribution in [3.8, 4) is 11.5 Å². The summed E-state index contributed by atoms with van der Waals surface area (Å²) in [6.45, 7) is 7.66. The highest BCUT2D eigenvalue weighted by Crippen LogP contribution is 2.33. The molecule has 0 radical (unpaired) electrons. The van der Waals surface area contributed by atoms with Crippen molar-refractivity contribution >= 4 is 39.3 Å².